The Bertz CT molecular complexity index is 995. The average molecular weight is 321 g/mol. The van der Waals surface area contributed by atoms with Crippen molar-refractivity contribution in [3.05, 3.63) is 47.9 Å². The van der Waals surface area contributed by atoms with Crippen molar-refractivity contribution >= 4 is 34.1 Å². The van der Waals surface area contributed by atoms with Gasteiger partial charge in [0, 0.05) is 36.6 Å². The van der Waals surface area contributed by atoms with E-state index in [2.05, 4.69) is 9.97 Å². The molecule has 0 saturated heterocycles. The predicted octanol–water partition coefficient (Wildman–Crippen LogP) is 3.21. The lowest BCUT2D eigenvalue weighted by Gasteiger charge is -2.20. The number of aromatic nitrogens is 2. The fraction of sp³-hybridized carbons (Fsp3) is 0.167. The van der Waals surface area contributed by atoms with Gasteiger partial charge in [-0.3, -0.25) is 0 Å². The first-order chi connectivity index (χ1) is 11.6. The Morgan fingerprint density at radius 1 is 1.25 bits per heavy atom. The maximum Gasteiger partial charge on any atom is 0.414 e. The lowest BCUT2D eigenvalue weighted by molar-refractivity contribution is 0.135. The maximum atomic E-state index is 11.7. The molecular weight excluding hydrogens is 306 g/mol. The van der Waals surface area contributed by atoms with Gasteiger partial charge in [0.1, 0.15) is 18.1 Å². The number of hydrogen-bond acceptors (Lipinski definition) is 5. The van der Waals surface area contributed by atoms with Gasteiger partial charge in [0.2, 0.25) is 0 Å². The third-order valence-corrected chi connectivity index (χ3v) is 3.81. The van der Waals surface area contributed by atoms with Gasteiger partial charge in [-0.15, -0.1) is 0 Å². The normalized spacial score (nSPS) is 13.2. The van der Waals surface area contributed by atoms with Gasteiger partial charge in [0.25, 0.3) is 0 Å². The van der Waals surface area contributed by atoms with Crippen molar-refractivity contribution in [2.45, 2.75) is 0 Å². The lowest BCUT2D eigenvalue weighted by Crippen LogP contribution is -2.24. The molecule has 0 unspecified atom stereocenters. The van der Waals surface area contributed by atoms with Crippen LogP contribution in [0.3, 0.4) is 0 Å². The van der Waals surface area contributed by atoms with Gasteiger partial charge in [-0.2, -0.15) is 0 Å². The highest BCUT2D eigenvalue weighted by Crippen LogP contribution is 2.33. The van der Waals surface area contributed by atoms with Crippen LogP contribution in [0.4, 0.5) is 4.79 Å². The van der Waals surface area contributed by atoms with Crippen molar-refractivity contribution < 1.29 is 14.3 Å². The number of hydrogen-bond donors (Lipinski definition) is 0. The largest absolute Gasteiger partial charge is 0.485 e. The number of amides is 1. The van der Waals surface area contributed by atoms with Crippen LogP contribution in [0.2, 0.25) is 0 Å². The molecule has 24 heavy (non-hydrogen) atoms. The van der Waals surface area contributed by atoms with Gasteiger partial charge in [0.05, 0.1) is 5.52 Å². The molecule has 3 heterocycles. The van der Waals surface area contributed by atoms with E-state index < -0.39 is 6.09 Å². The first kappa shape index (κ1) is 14.4. The lowest BCUT2D eigenvalue weighted by atomic mass is 10.1. The third kappa shape index (κ3) is 2.42. The molecule has 0 radical (unpaired) electrons. The Labute approximate surface area is 138 Å². The summed E-state index contributed by atoms with van der Waals surface area (Å²) in [6.45, 7) is 0.212. The van der Waals surface area contributed by atoms with Crippen LogP contribution in [0, 0.1) is 0 Å². The van der Waals surface area contributed by atoms with E-state index in [0.717, 1.165) is 27.6 Å². The summed E-state index contributed by atoms with van der Waals surface area (Å²) in [5.74, 6) is 1.17. The fourth-order valence-electron chi connectivity index (χ4n) is 2.62. The van der Waals surface area contributed by atoms with Crippen LogP contribution < -0.4 is 4.74 Å². The third-order valence-electron chi connectivity index (χ3n) is 3.81. The van der Waals surface area contributed by atoms with E-state index in [-0.39, 0.29) is 6.61 Å². The van der Waals surface area contributed by atoms with Gasteiger partial charge in [-0.25, -0.2) is 14.8 Å². The minimum absolute atomic E-state index is 0.212. The molecular formula is C18H15N3O3. The average Bonchev–Trinajstić information content (AvgIpc) is 2.60. The molecule has 1 aromatic carbocycles. The molecule has 1 aliphatic heterocycles. The summed E-state index contributed by atoms with van der Waals surface area (Å²) >= 11 is 0. The Morgan fingerprint density at radius 2 is 2.12 bits per heavy atom. The van der Waals surface area contributed by atoms with Crippen LogP contribution >= 0.6 is 0 Å². The summed E-state index contributed by atoms with van der Waals surface area (Å²) in [5, 5.41) is 1.96. The summed E-state index contributed by atoms with van der Waals surface area (Å²) < 4.78 is 11.0. The molecule has 0 spiro atoms. The van der Waals surface area contributed by atoms with Crippen LogP contribution in [-0.4, -0.2) is 41.7 Å². The maximum absolute atomic E-state index is 11.7. The molecule has 0 atom stereocenters. The van der Waals surface area contributed by atoms with Crippen LogP contribution in [0.15, 0.2) is 42.3 Å². The van der Waals surface area contributed by atoms with E-state index >= 15 is 0 Å². The molecule has 0 fully saturated rings. The summed E-state index contributed by atoms with van der Waals surface area (Å²) in [6, 6.07) is 9.78. The monoisotopic (exact) mass is 321 g/mol. The summed E-state index contributed by atoms with van der Waals surface area (Å²) in [7, 11) is 3.27. The van der Waals surface area contributed by atoms with Crippen LogP contribution in [0.5, 0.6) is 5.75 Å². The second-order valence-electron chi connectivity index (χ2n) is 5.75. The Morgan fingerprint density at radius 3 is 2.96 bits per heavy atom. The topological polar surface area (TPSA) is 64.6 Å². The van der Waals surface area contributed by atoms with E-state index in [9.17, 15) is 4.79 Å². The molecule has 1 aliphatic rings. The zero-order valence-corrected chi connectivity index (χ0v) is 13.3. The molecule has 6 heteroatoms. The van der Waals surface area contributed by atoms with Crippen molar-refractivity contribution in [2.75, 3.05) is 20.7 Å². The predicted molar refractivity (Wildman–Crippen MR) is 90.7 cm³/mol. The molecule has 0 bridgehead atoms. The fourth-order valence-corrected chi connectivity index (χ4v) is 2.62. The van der Waals surface area contributed by atoms with Gasteiger partial charge in [-0.05, 0) is 36.4 Å². The van der Waals surface area contributed by atoms with Gasteiger partial charge in [0.15, 0.2) is 5.65 Å². The highest BCUT2D eigenvalue weighted by molar-refractivity contribution is 5.97. The Hall–Kier alpha value is -3.15. The smallest absolute Gasteiger partial charge is 0.414 e. The van der Waals surface area contributed by atoms with Crippen molar-refractivity contribution in [1.82, 2.24) is 14.9 Å². The van der Waals surface area contributed by atoms with Gasteiger partial charge in [-0.1, -0.05) is 0 Å². The molecule has 0 aliphatic carbocycles. The number of carbonyl (C=O) groups excluding carboxylic acids is 1. The minimum atomic E-state index is -0.436. The number of fused-ring (bicyclic) bond motifs is 4. The Kier molecular flexibility index (Phi) is 3.30. The number of ether oxygens (including phenoxy) is 2. The zero-order chi connectivity index (χ0) is 16.7. The molecule has 3 aromatic rings. The van der Waals surface area contributed by atoms with Gasteiger partial charge < -0.3 is 14.4 Å². The quantitative estimate of drug-likeness (QED) is 0.644. The highest BCUT2D eigenvalue weighted by atomic mass is 16.6. The summed E-state index contributed by atoms with van der Waals surface area (Å²) in [6.07, 6.45) is 3.09. The molecule has 0 N–H and O–H groups in total. The van der Waals surface area contributed by atoms with E-state index in [4.69, 9.17) is 9.47 Å². The number of benzene rings is 1. The van der Waals surface area contributed by atoms with E-state index in [1.165, 1.54) is 4.90 Å². The zero-order valence-electron chi connectivity index (χ0n) is 13.3. The number of carbonyl (C=O) groups is 1. The number of nitrogens with zero attached hydrogens (tertiary/aromatic N) is 3. The summed E-state index contributed by atoms with van der Waals surface area (Å²) in [5.41, 5.74) is 2.24. The number of rotatable bonds is 1. The molecule has 2 aromatic heterocycles. The molecule has 6 nitrogen and oxygen atoms in total. The molecule has 0 saturated carbocycles. The second-order valence-corrected chi connectivity index (χ2v) is 5.75. The standard InChI is InChI=1S/C18H15N3O3/c1-21(2)18(22)24-13-9-14-15(23-10-13)6-5-11-8-12-4-3-7-19-17(12)20-16(11)14/h3-9H,10H2,1-2H3. The van der Waals surface area contributed by atoms with Crippen molar-refractivity contribution in [3.63, 3.8) is 0 Å². The van der Waals surface area contributed by atoms with Gasteiger partial charge >= 0.3 is 6.09 Å². The summed E-state index contributed by atoms with van der Waals surface area (Å²) in [4.78, 5) is 22.1. The molecule has 1 amide bonds. The second kappa shape index (κ2) is 5.49. The van der Waals surface area contributed by atoms with Crippen molar-refractivity contribution in [3.8, 4) is 5.75 Å². The van der Waals surface area contributed by atoms with E-state index in [0.29, 0.717) is 11.4 Å². The highest BCUT2D eigenvalue weighted by Gasteiger charge is 2.19. The first-order valence-corrected chi connectivity index (χ1v) is 7.53. The first-order valence-electron chi connectivity index (χ1n) is 7.53. The minimum Gasteiger partial charge on any atom is -0.485 e. The van der Waals surface area contributed by atoms with Crippen molar-refractivity contribution in [2.24, 2.45) is 0 Å². The SMILES string of the molecule is CN(C)C(=O)OC1=Cc2c(ccc3cc4cccnc4nc23)OC1. The number of pyridine rings is 2. The van der Waals surface area contributed by atoms with E-state index in [1.54, 1.807) is 20.3 Å². The Balaban J connectivity index is 1.86. The molecule has 4 rings (SSSR count). The van der Waals surface area contributed by atoms with Crippen LogP contribution in [-0.2, 0) is 4.74 Å². The van der Waals surface area contributed by atoms with Crippen LogP contribution in [0.1, 0.15) is 5.56 Å². The van der Waals surface area contributed by atoms with Crippen LogP contribution in [0.25, 0.3) is 28.0 Å². The van der Waals surface area contributed by atoms with Crippen molar-refractivity contribution in [1.29, 1.82) is 0 Å². The van der Waals surface area contributed by atoms with E-state index in [1.807, 2.05) is 36.4 Å². The molecule has 120 valence electrons.